The first-order chi connectivity index (χ1) is 7.33. The molecule has 0 amide bonds. The van der Waals surface area contributed by atoms with Crippen LogP contribution in [0.3, 0.4) is 0 Å². The lowest BCUT2D eigenvalue weighted by Crippen LogP contribution is -2.30. The summed E-state index contributed by atoms with van der Waals surface area (Å²) in [6.45, 7) is 2.19. The van der Waals surface area contributed by atoms with Crippen LogP contribution in [0, 0.1) is 24.7 Å². The van der Waals surface area contributed by atoms with E-state index in [2.05, 4.69) is 23.8 Å². The first-order valence-corrected chi connectivity index (χ1v) is 6.71. The van der Waals surface area contributed by atoms with Crippen molar-refractivity contribution in [2.45, 2.75) is 32.2 Å². The lowest BCUT2D eigenvalue weighted by atomic mass is 10.0. The Bertz CT molecular complexity index is 350. The summed E-state index contributed by atoms with van der Waals surface area (Å²) in [6.07, 6.45) is 4.29. The van der Waals surface area contributed by atoms with Crippen LogP contribution < -0.4 is 11.3 Å². The van der Waals surface area contributed by atoms with Gasteiger partial charge in [-0.2, -0.15) is 0 Å². The van der Waals surface area contributed by atoms with Gasteiger partial charge in [0.1, 0.15) is 0 Å². The van der Waals surface area contributed by atoms with Crippen LogP contribution in [0.5, 0.6) is 0 Å². The van der Waals surface area contributed by atoms with E-state index in [0.29, 0.717) is 6.04 Å². The van der Waals surface area contributed by atoms with Gasteiger partial charge >= 0.3 is 0 Å². The van der Waals surface area contributed by atoms with Crippen molar-refractivity contribution in [2.24, 2.45) is 23.6 Å². The third-order valence-electron chi connectivity index (χ3n) is 4.22. The number of nitrogens with two attached hydrogens (primary N) is 1. The molecule has 3 heteroatoms. The zero-order chi connectivity index (χ0) is 10.4. The quantitative estimate of drug-likeness (QED) is 0.609. The Morgan fingerprint density at radius 3 is 2.73 bits per heavy atom. The number of fused-ring (bicyclic) bond motifs is 1. The van der Waals surface area contributed by atoms with E-state index in [0.717, 1.165) is 17.8 Å². The molecule has 15 heavy (non-hydrogen) atoms. The molecule has 2 aliphatic carbocycles. The Labute approximate surface area is 94.8 Å². The van der Waals surface area contributed by atoms with E-state index in [4.69, 9.17) is 5.84 Å². The van der Waals surface area contributed by atoms with Gasteiger partial charge in [0.15, 0.2) is 0 Å². The molecule has 2 fully saturated rings. The van der Waals surface area contributed by atoms with Crippen LogP contribution in [0.25, 0.3) is 0 Å². The van der Waals surface area contributed by atoms with E-state index in [1.807, 2.05) is 11.3 Å². The zero-order valence-corrected chi connectivity index (χ0v) is 9.89. The Kier molecular flexibility index (Phi) is 2.34. The van der Waals surface area contributed by atoms with Crippen molar-refractivity contribution < 1.29 is 0 Å². The number of nitrogens with one attached hydrogen (secondary N) is 1. The highest BCUT2D eigenvalue weighted by Crippen LogP contribution is 2.62. The molecule has 3 atom stereocenters. The summed E-state index contributed by atoms with van der Waals surface area (Å²) < 4.78 is 0. The van der Waals surface area contributed by atoms with Gasteiger partial charge in [-0.1, -0.05) is 6.42 Å². The minimum atomic E-state index is 0.417. The van der Waals surface area contributed by atoms with Crippen LogP contribution in [-0.4, -0.2) is 0 Å². The molecule has 1 aromatic heterocycles. The van der Waals surface area contributed by atoms with Crippen molar-refractivity contribution in [1.29, 1.82) is 0 Å². The highest BCUT2D eigenvalue weighted by molar-refractivity contribution is 7.10. The molecule has 1 heterocycles. The highest BCUT2D eigenvalue weighted by atomic mass is 32.1. The largest absolute Gasteiger partial charge is 0.271 e. The number of thiophene rings is 1. The molecule has 82 valence electrons. The van der Waals surface area contributed by atoms with Crippen molar-refractivity contribution in [1.82, 2.24) is 5.43 Å². The molecule has 0 aromatic carbocycles. The lowest BCUT2D eigenvalue weighted by Gasteiger charge is -2.17. The summed E-state index contributed by atoms with van der Waals surface area (Å²) in [5.41, 5.74) is 4.44. The van der Waals surface area contributed by atoms with Gasteiger partial charge in [-0.25, -0.2) is 0 Å². The standard InChI is InChI=1S/C12H18N2S/c1-7-5-6-15-12(7)11(14-13)10-8-3-2-4-9(8)10/h5-6,8-11,14H,2-4,13H2,1H3. The molecule has 0 saturated heterocycles. The Hall–Kier alpha value is -0.380. The zero-order valence-electron chi connectivity index (χ0n) is 9.07. The average molecular weight is 222 g/mol. The lowest BCUT2D eigenvalue weighted by molar-refractivity contribution is 0.429. The fourth-order valence-electron chi connectivity index (χ4n) is 3.44. The summed E-state index contributed by atoms with van der Waals surface area (Å²) in [7, 11) is 0. The number of hydrazine groups is 1. The maximum absolute atomic E-state index is 5.73. The third-order valence-corrected chi connectivity index (χ3v) is 5.32. The second-order valence-electron chi connectivity index (χ2n) is 4.95. The molecule has 3 N–H and O–H groups in total. The highest BCUT2D eigenvalue weighted by Gasteiger charge is 2.56. The monoisotopic (exact) mass is 222 g/mol. The Morgan fingerprint density at radius 1 is 1.47 bits per heavy atom. The SMILES string of the molecule is Cc1ccsc1C(NN)C1C2CCCC21. The van der Waals surface area contributed by atoms with Crippen LogP contribution in [0.1, 0.15) is 35.7 Å². The average Bonchev–Trinajstić information content (AvgIpc) is 2.66. The van der Waals surface area contributed by atoms with Crippen LogP contribution in [0.4, 0.5) is 0 Å². The van der Waals surface area contributed by atoms with E-state index in [1.54, 1.807) is 0 Å². The fourth-order valence-corrected chi connectivity index (χ4v) is 4.48. The van der Waals surface area contributed by atoms with Crippen molar-refractivity contribution in [2.75, 3.05) is 0 Å². The van der Waals surface area contributed by atoms with Crippen LogP contribution in [0.15, 0.2) is 11.4 Å². The van der Waals surface area contributed by atoms with Crippen molar-refractivity contribution in [3.8, 4) is 0 Å². The van der Waals surface area contributed by atoms with Crippen LogP contribution in [-0.2, 0) is 0 Å². The molecular formula is C12H18N2S. The predicted molar refractivity (Wildman–Crippen MR) is 63.4 cm³/mol. The van der Waals surface area contributed by atoms with Crippen molar-refractivity contribution in [3.05, 3.63) is 21.9 Å². The number of hydrogen-bond acceptors (Lipinski definition) is 3. The topological polar surface area (TPSA) is 38.0 Å². The second kappa shape index (κ2) is 3.58. The predicted octanol–water partition coefficient (Wildman–Crippen LogP) is 2.61. The molecule has 3 unspecified atom stereocenters. The van der Waals surface area contributed by atoms with Crippen LogP contribution in [0.2, 0.25) is 0 Å². The maximum Gasteiger partial charge on any atom is 0.0589 e. The van der Waals surface area contributed by atoms with Gasteiger partial charge in [-0.3, -0.25) is 11.3 Å². The van der Waals surface area contributed by atoms with E-state index in [1.165, 1.54) is 29.7 Å². The molecule has 0 bridgehead atoms. The van der Waals surface area contributed by atoms with E-state index in [9.17, 15) is 0 Å². The summed E-state index contributed by atoms with van der Waals surface area (Å²) in [6, 6.07) is 2.61. The summed E-state index contributed by atoms with van der Waals surface area (Å²) in [4.78, 5) is 1.46. The molecule has 2 aliphatic rings. The second-order valence-corrected chi connectivity index (χ2v) is 5.90. The van der Waals surface area contributed by atoms with Gasteiger partial charge in [0, 0.05) is 4.88 Å². The van der Waals surface area contributed by atoms with Crippen molar-refractivity contribution >= 4 is 11.3 Å². The summed E-state index contributed by atoms with van der Waals surface area (Å²) in [5.74, 6) is 8.48. The Balaban J connectivity index is 1.81. The minimum absolute atomic E-state index is 0.417. The molecule has 0 spiro atoms. The number of rotatable bonds is 3. The fraction of sp³-hybridized carbons (Fsp3) is 0.667. The molecule has 0 aliphatic heterocycles. The maximum atomic E-state index is 5.73. The normalized spacial score (nSPS) is 35.2. The Morgan fingerprint density at radius 2 is 2.20 bits per heavy atom. The number of aryl methyl sites for hydroxylation is 1. The van der Waals surface area contributed by atoms with Crippen LogP contribution >= 0.6 is 11.3 Å². The summed E-state index contributed by atoms with van der Waals surface area (Å²) >= 11 is 1.85. The van der Waals surface area contributed by atoms with Gasteiger partial charge in [0.25, 0.3) is 0 Å². The molecule has 3 rings (SSSR count). The van der Waals surface area contributed by atoms with Gasteiger partial charge in [0.05, 0.1) is 6.04 Å². The smallest absolute Gasteiger partial charge is 0.0589 e. The minimum Gasteiger partial charge on any atom is -0.271 e. The molecule has 2 saturated carbocycles. The van der Waals surface area contributed by atoms with Gasteiger partial charge in [-0.15, -0.1) is 11.3 Å². The van der Waals surface area contributed by atoms with E-state index >= 15 is 0 Å². The first kappa shape index (κ1) is 9.82. The summed E-state index contributed by atoms with van der Waals surface area (Å²) in [5, 5.41) is 2.17. The van der Waals surface area contributed by atoms with Gasteiger partial charge < -0.3 is 0 Å². The van der Waals surface area contributed by atoms with Gasteiger partial charge in [-0.05, 0) is 54.5 Å². The number of hydrogen-bond donors (Lipinski definition) is 2. The van der Waals surface area contributed by atoms with E-state index in [-0.39, 0.29) is 0 Å². The first-order valence-electron chi connectivity index (χ1n) is 5.83. The molecule has 1 aromatic rings. The molecular weight excluding hydrogens is 204 g/mol. The molecule has 0 radical (unpaired) electrons. The van der Waals surface area contributed by atoms with Crippen molar-refractivity contribution in [3.63, 3.8) is 0 Å². The molecule has 2 nitrogen and oxygen atoms in total. The van der Waals surface area contributed by atoms with E-state index < -0.39 is 0 Å². The third kappa shape index (κ3) is 1.45. The van der Waals surface area contributed by atoms with Gasteiger partial charge in [0.2, 0.25) is 0 Å².